The van der Waals surface area contributed by atoms with Crippen molar-refractivity contribution >= 4 is 0 Å². The zero-order valence-electron chi connectivity index (χ0n) is 10.7. The van der Waals surface area contributed by atoms with Gasteiger partial charge in [0.05, 0.1) is 25.0 Å². The third kappa shape index (κ3) is 2.51. The molecule has 0 aliphatic heterocycles. The van der Waals surface area contributed by atoms with Gasteiger partial charge in [0, 0.05) is 24.9 Å². The van der Waals surface area contributed by atoms with Crippen molar-refractivity contribution in [2.45, 2.75) is 25.9 Å². The Morgan fingerprint density at radius 2 is 2.28 bits per heavy atom. The minimum atomic E-state index is -0.169. The van der Waals surface area contributed by atoms with Crippen LogP contribution in [-0.4, -0.2) is 21.9 Å². The fourth-order valence-corrected chi connectivity index (χ4v) is 2.00. The molecule has 18 heavy (non-hydrogen) atoms. The molecule has 1 unspecified atom stereocenters. The Morgan fingerprint density at radius 3 is 2.89 bits per heavy atom. The molecule has 5 nitrogen and oxygen atoms in total. The van der Waals surface area contributed by atoms with Gasteiger partial charge in [-0.1, -0.05) is 6.07 Å². The van der Waals surface area contributed by atoms with E-state index in [2.05, 4.69) is 10.1 Å². The third-order valence-corrected chi connectivity index (χ3v) is 2.87. The van der Waals surface area contributed by atoms with Crippen LogP contribution in [0.25, 0.3) is 0 Å². The van der Waals surface area contributed by atoms with Crippen LogP contribution in [0.4, 0.5) is 0 Å². The van der Waals surface area contributed by atoms with Crippen molar-refractivity contribution in [3.63, 3.8) is 0 Å². The summed E-state index contributed by atoms with van der Waals surface area (Å²) in [7, 11) is 1.63. The van der Waals surface area contributed by atoms with Crippen molar-refractivity contribution in [3.05, 3.63) is 42.0 Å². The van der Waals surface area contributed by atoms with E-state index in [1.807, 2.05) is 29.8 Å². The molecule has 2 heterocycles. The number of rotatable bonds is 5. The maximum atomic E-state index is 6.24. The Balaban J connectivity index is 2.22. The molecule has 0 aliphatic carbocycles. The number of aryl methyl sites for hydroxylation is 1. The second-order valence-corrected chi connectivity index (χ2v) is 4.05. The highest BCUT2D eigenvalue weighted by Gasteiger charge is 2.18. The summed E-state index contributed by atoms with van der Waals surface area (Å²) < 4.78 is 7.17. The van der Waals surface area contributed by atoms with Crippen molar-refractivity contribution in [2.75, 3.05) is 7.11 Å². The summed E-state index contributed by atoms with van der Waals surface area (Å²) >= 11 is 0. The van der Waals surface area contributed by atoms with Crippen LogP contribution >= 0.6 is 0 Å². The van der Waals surface area contributed by atoms with Crippen LogP contribution in [0, 0.1) is 0 Å². The van der Waals surface area contributed by atoms with E-state index in [4.69, 9.17) is 10.5 Å². The number of ether oxygens (including phenoxy) is 1. The zero-order valence-corrected chi connectivity index (χ0v) is 10.7. The van der Waals surface area contributed by atoms with E-state index in [0.717, 1.165) is 23.7 Å². The van der Waals surface area contributed by atoms with Gasteiger partial charge in [-0.3, -0.25) is 9.67 Å². The van der Waals surface area contributed by atoms with E-state index >= 15 is 0 Å². The molecule has 0 saturated carbocycles. The lowest BCUT2D eigenvalue weighted by Crippen LogP contribution is -2.19. The fourth-order valence-electron chi connectivity index (χ4n) is 2.00. The van der Waals surface area contributed by atoms with Crippen LogP contribution in [0.5, 0.6) is 5.75 Å². The molecule has 5 heteroatoms. The van der Waals surface area contributed by atoms with Gasteiger partial charge in [0.2, 0.25) is 0 Å². The van der Waals surface area contributed by atoms with E-state index in [9.17, 15) is 0 Å². The molecule has 96 valence electrons. The zero-order chi connectivity index (χ0) is 13.0. The fraction of sp³-hybridized carbons (Fsp3) is 0.385. The number of nitrogens with zero attached hydrogens (tertiary/aromatic N) is 3. The topological polar surface area (TPSA) is 66.0 Å². The second-order valence-electron chi connectivity index (χ2n) is 4.05. The molecule has 0 fully saturated rings. The molecule has 2 aromatic heterocycles. The van der Waals surface area contributed by atoms with Gasteiger partial charge in [0.15, 0.2) is 5.75 Å². The van der Waals surface area contributed by atoms with E-state index in [1.165, 1.54) is 0 Å². The number of nitrogens with two attached hydrogens (primary N) is 1. The Hall–Kier alpha value is -1.88. The molecule has 0 aliphatic rings. The SMILES string of the molecule is CCn1ncc(OC)c1C(N)Cc1ccccn1. The Kier molecular flexibility index (Phi) is 3.94. The van der Waals surface area contributed by atoms with Gasteiger partial charge in [-0.05, 0) is 19.1 Å². The first kappa shape index (κ1) is 12.6. The number of hydrogen-bond acceptors (Lipinski definition) is 4. The van der Waals surface area contributed by atoms with Crippen LogP contribution < -0.4 is 10.5 Å². The molecule has 0 bridgehead atoms. The molecule has 2 rings (SSSR count). The first-order valence-electron chi connectivity index (χ1n) is 6.01. The van der Waals surface area contributed by atoms with Gasteiger partial charge in [0.25, 0.3) is 0 Å². The molecule has 2 N–H and O–H groups in total. The summed E-state index contributed by atoms with van der Waals surface area (Å²) in [5.74, 6) is 0.736. The summed E-state index contributed by atoms with van der Waals surface area (Å²) in [5.41, 5.74) is 8.13. The lowest BCUT2D eigenvalue weighted by Gasteiger charge is -2.14. The largest absolute Gasteiger partial charge is 0.493 e. The number of aromatic nitrogens is 3. The lowest BCUT2D eigenvalue weighted by atomic mass is 10.1. The molecule has 2 aromatic rings. The van der Waals surface area contributed by atoms with E-state index in [0.29, 0.717) is 6.42 Å². The summed E-state index contributed by atoms with van der Waals surface area (Å²) in [6.45, 7) is 2.80. The van der Waals surface area contributed by atoms with Gasteiger partial charge < -0.3 is 10.5 Å². The number of hydrogen-bond donors (Lipinski definition) is 1. The van der Waals surface area contributed by atoms with Gasteiger partial charge in [-0.2, -0.15) is 5.10 Å². The summed E-state index contributed by atoms with van der Waals surface area (Å²) in [5, 5.41) is 4.26. The van der Waals surface area contributed by atoms with Crippen LogP contribution in [0.3, 0.4) is 0 Å². The van der Waals surface area contributed by atoms with Gasteiger partial charge in [0.1, 0.15) is 0 Å². The molecular weight excluding hydrogens is 228 g/mol. The Labute approximate surface area is 107 Å². The molecule has 0 saturated heterocycles. The van der Waals surface area contributed by atoms with Crippen LogP contribution in [0.1, 0.15) is 24.4 Å². The number of methoxy groups -OCH3 is 1. The minimum absolute atomic E-state index is 0.169. The van der Waals surface area contributed by atoms with Crippen molar-refractivity contribution < 1.29 is 4.74 Å². The van der Waals surface area contributed by atoms with E-state index < -0.39 is 0 Å². The third-order valence-electron chi connectivity index (χ3n) is 2.87. The predicted molar refractivity (Wildman–Crippen MR) is 69.3 cm³/mol. The monoisotopic (exact) mass is 246 g/mol. The van der Waals surface area contributed by atoms with Crippen LogP contribution in [0.2, 0.25) is 0 Å². The van der Waals surface area contributed by atoms with Crippen molar-refractivity contribution in [1.82, 2.24) is 14.8 Å². The standard InChI is InChI=1S/C13H18N4O/c1-3-17-13(12(18-2)9-16-17)11(14)8-10-6-4-5-7-15-10/h4-7,9,11H,3,8,14H2,1-2H3. The smallest absolute Gasteiger partial charge is 0.161 e. The lowest BCUT2D eigenvalue weighted by molar-refractivity contribution is 0.401. The maximum absolute atomic E-state index is 6.24. The van der Waals surface area contributed by atoms with Gasteiger partial charge >= 0.3 is 0 Å². The molecular formula is C13H18N4O. The molecule has 1 atom stereocenters. The highest BCUT2D eigenvalue weighted by Crippen LogP contribution is 2.25. The van der Waals surface area contributed by atoms with Gasteiger partial charge in [-0.15, -0.1) is 0 Å². The molecule has 0 radical (unpaired) electrons. The van der Waals surface area contributed by atoms with Crippen LogP contribution in [0.15, 0.2) is 30.6 Å². The predicted octanol–water partition coefficient (Wildman–Crippen LogP) is 1.55. The minimum Gasteiger partial charge on any atom is -0.493 e. The summed E-state index contributed by atoms with van der Waals surface area (Å²) in [6, 6.07) is 5.66. The maximum Gasteiger partial charge on any atom is 0.161 e. The summed E-state index contributed by atoms with van der Waals surface area (Å²) in [6.07, 6.45) is 4.15. The first-order chi connectivity index (χ1) is 8.76. The number of pyridine rings is 1. The highest BCUT2D eigenvalue weighted by molar-refractivity contribution is 5.29. The van der Waals surface area contributed by atoms with Crippen molar-refractivity contribution in [2.24, 2.45) is 5.73 Å². The van der Waals surface area contributed by atoms with Crippen molar-refractivity contribution in [1.29, 1.82) is 0 Å². The first-order valence-corrected chi connectivity index (χ1v) is 6.01. The normalized spacial score (nSPS) is 12.4. The quantitative estimate of drug-likeness (QED) is 0.869. The van der Waals surface area contributed by atoms with E-state index in [1.54, 1.807) is 19.5 Å². The average Bonchev–Trinajstić information content (AvgIpc) is 2.82. The molecule has 0 amide bonds. The van der Waals surface area contributed by atoms with Crippen molar-refractivity contribution in [3.8, 4) is 5.75 Å². The van der Waals surface area contributed by atoms with E-state index in [-0.39, 0.29) is 6.04 Å². The molecule has 0 spiro atoms. The average molecular weight is 246 g/mol. The van der Waals surface area contributed by atoms with Gasteiger partial charge in [-0.25, -0.2) is 0 Å². The molecule has 0 aromatic carbocycles. The second kappa shape index (κ2) is 5.64. The van der Waals surface area contributed by atoms with Crippen LogP contribution in [-0.2, 0) is 13.0 Å². The Morgan fingerprint density at radius 1 is 1.44 bits per heavy atom. The Bertz CT molecular complexity index is 473. The highest BCUT2D eigenvalue weighted by atomic mass is 16.5. The summed E-state index contributed by atoms with van der Waals surface area (Å²) in [4.78, 5) is 4.29.